The number of benzene rings is 1. The molecule has 3 fully saturated rings. The van der Waals surface area contributed by atoms with Gasteiger partial charge >= 0.3 is 6.03 Å². The summed E-state index contributed by atoms with van der Waals surface area (Å²) in [6, 6.07) is 7.16. The standard InChI is InChI=1S/C23H27N5O3S/c1-15-13-25-20(32-15)26-14-22(9-4-10-22)16-5-7-17(8-6-16)28-19(30)23(18(24)29)11-2-3-12-27(23)21(28)31/h5-8,13H,2-4,9-12,14H2,1H3,(H2,24,29)(H,25,26)/t23-/m0/s1. The lowest BCUT2D eigenvalue weighted by Crippen LogP contribution is -2.60. The predicted molar refractivity (Wildman–Crippen MR) is 123 cm³/mol. The molecule has 0 bridgehead atoms. The highest BCUT2D eigenvalue weighted by atomic mass is 32.1. The lowest BCUT2D eigenvalue weighted by molar-refractivity contribution is -0.139. The zero-order valence-electron chi connectivity index (χ0n) is 18.1. The first-order chi connectivity index (χ1) is 15.4. The Morgan fingerprint density at radius 3 is 2.47 bits per heavy atom. The minimum absolute atomic E-state index is 0.0169. The molecule has 8 nitrogen and oxygen atoms in total. The van der Waals surface area contributed by atoms with Crippen molar-refractivity contribution in [1.82, 2.24) is 9.88 Å². The molecular weight excluding hydrogens is 426 g/mol. The molecule has 1 aliphatic carbocycles. The van der Waals surface area contributed by atoms with E-state index in [0.717, 1.165) is 35.8 Å². The molecule has 3 aliphatic rings. The van der Waals surface area contributed by atoms with Crippen molar-refractivity contribution in [1.29, 1.82) is 0 Å². The number of urea groups is 1. The first-order valence-electron chi connectivity index (χ1n) is 11.1. The number of primary amides is 1. The third-order valence-corrected chi connectivity index (χ3v) is 8.14. The Kier molecular flexibility index (Phi) is 4.96. The van der Waals surface area contributed by atoms with Crippen LogP contribution in [-0.4, -0.2) is 46.4 Å². The number of hydrogen-bond donors (Lipinski definition) is 2. The number of piperidine rings is 1. The van der Waals surface area contributed by atoms with Crippen LogP contribution in [0.4, 0.5) is 15.6 Å². The molecule has 32 heavy (non-hydrogen) atoms. The monoisotopic (exact) mass is 453 g/mol. The van der Waals surface area contributed by atoms with Crippen molar-refractivity contribution in [3.05, 3.63) is 40.9 Å². The molecule has 2 aromatic rings. The number of fused-ring (bicyclic) bond motifs is 1. The summed E-state index contributed by atoms with van der Waals surface area (Å²) in [7, 11) is 0. The number of nitrogens with two attached hydrogens (primary N) is 1. The van der Waals surface area contributed by atoms with E-state index < -0.39 is 23.4 Å². The highest BCUT2D eigenvalue weighted by Gasteiger charge is 2.62. The normalized spacial score (nSPS) is 24.3. The first kappa shape index (κ1) is 20.9. The predicted octanol–water partition coefficient (Wildman–Crippen LogP) is 3.16. The molecule has 1 aromatic heterocycles. The summed E-state index contributed by atoms with van der Waals surface area (Å²) in [5.41, 5.74) is 5.77. The minimum Gasteiger partial charge on any atom is -0.367 e. The maximum atomic E-state index is 13.3. The number of rotatable bonds is 6. The highest BCUT2D eigenvalue weighted by molar-refractivity contribution is 7.15. The van der Waals surface area contributed by atoms with Crippen LogP contribution in [0, 0.1) is 6.92 Å². The highest BCUT2D eigenvalue weighted by Crippen LogP contribution is 2.45. The number of nitrogens with zero attached hydrogens (tertiary/aromatic N) is 3. The third-order valence-electron chi connectivity index (χ3n) is 7.27. The largest absolute Gasteiger partial charge is 0.367 e. The van der Waals surface area contributed by atoms with Crippen LogP contribution in [0.25, 0.3) is 0 Å². The molecule has 5 rings (SSSR count). The van der Waals surface area contributed by atoms with Gasteiger partial charge in [0.05, 0.1) is 5.69 Å². The van der Waals surface area contributed by atoms with Crippen molar-refractivity contribution in [2.75, 3.05) is 23.3 Å². The average molecular weight is 454 g/mol. The van der Waals surface area contributed by atoms with Crippen LogP contribution >= 0.6 is 11.3 Å². The van der Waals surface area contributed by atoms with Gasteiger partial charge in [-0.1, -0.05) is 18.6 Å². The summed E-state index contributed by atoms with van der Waals surface area (Å²) >= 11 is 1.64. The number of nitrogens with one attached hydrogen (secondary N) is 1. The van der Waals surface area contributed by atoms with E-state index in [9.17, 15) is 14.4 Å². The van der Waals surface area contributed by atoms with Gasteiger partial charge in [-0.2, -0.15) is 0 Å². The van der Waals surface area contributed by atoms with Gasteiger partial charge in [0, 0.05) is 29.6 Å². The number of hydrogen-bond acceptors (Lipinski definition) is 6. The van der Waals surface area contributed by atoms with E-state index in [1.165, 1.54) is 21.8 Å². The van der Waals surface area contributed by atoms with Crippen molar-refractivity contribution in [2.45, 2.75) is 56.4 Å². The van der Waals surface area contributed by atoms with Crippen LogP contribution < -0.4 is 16.0 Å². The van der Waals surface area contributed by atoms with E-state index in [1.807, 2.05) is 37.4 Å². The number of thiazole rings is 1. The van der Waals surface area contributed by atoms with Crippen molar-refractivity contribution in [2.24, 2.45) is 5.73 Å². The summed E-state index contributed by atoms with van der Waals surface area (Å²) in [5.74, 6) is -1.27. The fraction of sp³-hybridized carbons (Fsp3) is 0.478. The van der Waals surface area contributed by atoms with Gasteiger partial charge < -0.3 is 16.0 Å². The lowest BCUT2D eigenvalue weighted by atomic mass is 9.64. The van der Waals surface area contributed by atoms with E-state index in [4.69, 9.17) is 5.73 Å². The molecule has 1 aromatic carbocycles. The van der Waals surface area contributed by atoms with Crippen molar-refractivity contribution >= 4 is 40.0 Å². The van der Waals surface area contributed by atoms with Gasteiger partial charge in [0.2, 0.25) is 5.54 Å². The SMILES string of the molecule is Cc1cnc(NCC2(c3ccc(N4C(=O)N5CCCC[C@]5(C(N)=O)C4=O)cc3)CCC2)s1. The second-order valence-electron chi connectivity index (χ2n) is 9.07. The Morgan fingerprint density at radius 1 is 1.16 bits per heavy atom. The number of anilines is 2. The van der Waals surface area contributed by atoms with Crippen LogP contribution in [0.2, 0.25) is 0 Å². The maximum absolute atomic E-state index is 13.3. The van der Waals surface area contributed by atoms with Crippen molar-refractivity contribution in [3.63, 3.8) is 0 Å². The van der Waals surface area contributed by atoms with Gasteiger partial charge in [-0.25, -0.2) is 14.7 Å². The molecule has 168 valence electrons. The summed E-state index contributed by atoms with van der Waals surface area (Å²) in [5, 5.41) is 4.40. The molecule has 2 saturated heterocycles. The van der Waals surface area contributed by atoms with E-state index >= 15 is 0 Å². The van der Waals surface area contributed by atoms with E-state index in [0.29, 0.717) is 18.7 Å². The molecule has 1 atom stereocenters. The maximum Gasteiger partial charge on any atom is 0.332 e. The van der Waals surface area contributed by atoms with Crippen molar-refractivity contribution in [3.8, 4) is 0 Å². The number of carbonyl (C=O) groups is 3. The van der Waals surface area contributed by atoms with Crippen LogP contribution in [-0.2, 0) is 15.0 Å². The van der Waals surface area contributed by atoms with Gasteiger partial charge in [-0.05, 0) is 56.7 Å². The molecule has 4 amide bonds. The molecule has 3 N–H and O–H groups in total. The average Bonchev–Trinajstić information content (AvgIpc) is 3.27. The molecule has 3 heterocycles. The fourth-order valence-electron chi connectivity index (χ4n) is 5.26. The van der Waals surface area contributed by atoms with E-state index in [1.54, 1.807) is 11.3 Å². The molecule has 9 heteroatoms. The molecule has 0 radical (unpaired) electrons. The summed E-state index contributed by atoms with van der Waals surface area (Å²) < 4.78 is 0. The van der Waals surface area contributed by atoms with Crippen molar-refractivity contribution < 1.29 is 14.4 Å². The molecule has 0 spiro atoms. The molecule has 2 aliphatic heterocycles. The minimum atomic E-state index is -1.54. The fourth-order valence-corrected chi connectivity index (χ4v) is 5.92. The zero-order chi connectivity index (χ0) is 22.5. The Labute approximate surface area is 190 Å². The second kappa shape index (κ2) is 7.58. The van der Waals surface area contributed by atoms with Gasteiger partial charge in [0.25, 0.3) is 11.8 Å². The summed E-state index contributed by atoms with van der Waals surface area (Å²) in [4.78, 5) is 46.7. The molecular formula is C23H27N5O3S. The Morgan fingerprint density at radius 2 is 1.91 bits per heavy atom. The number of amides is 4. The summed E-state index contributed by atoms with van der Waals surface area (Å²) in [6.45, 7) is 3.20. The molecule has 1 saturated carbocycles. The van der Waals surface area contributed by atoms with Gasteiger partial charge in [-0.15, -0.1) is 11.3 Å². The van der Waals surface area contributed by atoms with Crippen LogP contribution in [0.3, 0.4) is 0 Å². The van der Waals surface area contributed by atoms with E-state index in [2.05, 4.69) is 10.3 Å². The quantitative estimate of drug-likeness (QED) is 0.516. The third kappa shape index (κ3) is 3.02. The van der Waals surface area contributed by atoms with Gasteiger partial charge in [0.1, 0.15) is 0 Å². The number of aromatic nitrogens is 1. The Bertz CT molecular complexity index is 1080. The summed E-state index contributed by atoms with van der Waals surface area (Å²) in [6.07, 6.45) is 6.92. The Hall–Kier alpha value is -2.94. The zero-order valence-corrected chi connectivity index (χ0v) is 18.9. The molecule has 0 unspecified atom stereocenters. The smallest absolute Gasteiger partial charge is 0.332 e. The van der Waals surface area contributed by atoms with Crippen LogP contribution in [0.1, 0.15) is 49.0 Å². The number of imide groups is 1. The number of aryl methyl sites for hydroxylation is 1. The number of carbonyl (C=O) groups excluding carboxylic acids is 3. The van der Waals surface area contributed by atoms with Gasteiger partial charge in [-0.3, -0.25) is 9.59 Å². The Balaban J connectivity index is 1.39. The second-order valence-corrected chi connectivity index (χ2v) is 10.3. The van der Waals surface area contributed by atoms with E-state index in [-0.39, 0.29) is 11.8 Å². The topological polar surface area (TPSA) is 109 Å². The van der Waals surface area contributed by atoms with Crippen LogP contribution in [0.15, 0.2) is 30.5 Å². The first-order valence-corrected chi connectivity index (χ1v) is 11.9. The van der Waals surface area contributed by atoms with Gasteiger partial charge in [0.15, 0.2) is 5.13 Å². The lowest BCUT2D eigenvalue weighted by Gasteiger charge is -2.42. The van der Waals surface area contributed by atoms with Crippen LogP contribution in [0.5, 0.6) is 0 Å².